The highest BCUT2D eigenvalue weighted by Gasteiger charge is 2.17. The minimum absolute atomic E-state index is 0.215. The molecule has 0 aromatic heterocycles. The third kappa shape index (κ3) is 3.81. The van der Waals surface area contributed by atoms with Gasteiger partial charge in [0.15, 0.2) is 0 Å². The molecule has 0 aromatic carbocycles. The highest BCUT2D eigenvalue weighted by atomic mass is 35.5. The molecule has 5 heteroatoms. The molecule has 0 aliphatic heterocycles. The second-order valence-corrected chi connectivity index (χ2v) is 5.82. The van der Waals surface area contributed by atoms with Crippen molar-refractivity contribution in [1.82, 2.24) is 4.31 Å². The Morgan fingerprint density at radius 3 is 2.13 bits per heavy atom. The number of allylic oxidation sites excluding steroid dienone is 4. The average Bonchev–Trinajstić information content (AvgIpc) is 2.12. The number of hydrogen-bond acceptors (Lipinski definition) is 2. The van der Waals surface area contributed by atoms with E-state index in [1.165, 1.54) is 26.2 Å². The first-order valence-electron chi connectivity index (χ1n) is 4.35. The summed E-state index contributed by atoms with van der Waals surface area (Å²) in [5.41, 5.74) is 0.634. The number of sulfonamides is 1. The smallest absolute Gasteiger partial charge is 0.207 e. The lowest BCUT2D eigenvalue weighted by Gasteiger charge is -2.12. The van der Waals surface area contributed by atoms with Crippen LogP contribution in [0.3, 0.4) is 0 Å². The van der Waals surface area contributed by atoms with Gasteiger partial charge >= 0.3 is 0 Å². The number of rotatable bonds is 4. The summed E-state index contributed by atoms with van der Waals surface area (Å²) in [5, 5.41) is 0.336. The van der Waals surface area contributed by atoms with Gasteiger partial charge in [0.05, 0.1) is 4.91 Å². The molecule has 0 radical (unpaired) electrons. The number of hydrogen-bond donors (Lipinski definition) is 0. The van der Waals surface area contributed by atoms with E-state index in [1.54, 1.807) is 13.8 Å². The Morgan fingerprint density at radius 2 is 1.87 bits per heavy atom. The van der Waals surface area contributed by atoms with Crippen molar-refractivity contribution in [2.45, 2.75) is 13.8 Å². The Morgan fingerprint density at radius 1 is 1.40 bits per heavy atom. The van der Waals surface area contributed by atoms with Crippen molar-refractivity contribution < 1.29 is 8.42 Å². The molecule has 0 saturated heterocycles. The van der Waals surface area contributed by atoms with E-state index in [-0.39, 0.29) is 4.91 Å². The fourth-order valence-corrected chi connectivity index (χ4v) is 1.91. The summed E-state index contributed by atoms with van der Waals surface area (Å²) in [6.45, 7) is 6.91. The Labute approximate surface area is 96.8 Å². The van der Waals surface area contributed by atoms with Crippen molar-refractivity contribution in [3.8, 4) is 0 Å². The van der Waals surface area contributed by atoms with E-state index in [0.717, 1.165) is 4.31 Å². The predicted octanol–water partition coefficient (Wildman–Crippen LogP) is 2.48. The minimum atomic E-state index is -3.40. The maximum Gasteiger partial charge on any atom is 0.242 e. The molecular formula is C10H16ClNO2S. The lowest BCUT2D eigenvalue weighted by atomic mass is 10.2. The van der Waals surface area contributed by atoms with Crippen LogP contribution in [0, 0.1) is 0 Å². The van der Waals surface area contributed by atoms with Crippen LogP contribution in [-0.4, -0.2) is 26.8 Å². The summed E-state index contributed by atoms with van der Waals surface area (Å²) in [5.74, 6) is 0. The fourth-order valence-electron chi connectivity index (χ4n) is 0.809. The van der Waals surface area contributed by atoms with Gasteiger partial charge in [-0.3, -0.25) is 0 Å². The summed E-state index contributed by atoms with van der Waals surface area (Å²) in [6.07, 6.45) is 3.03. The molecule has 0 N–H and O–H groups in total. The standard InChI is InChI=1S/C10H16ClNO2S/c1-6-10(7-8(2)9(3)11)15(13,14)12(4)5/h6-7H,3H2,1-2,4-5H3. The van der Waals surface area contributed by atoms with E-state index < -0.39 is 10.0 Å². The first-order chi connectivity index (χ1) is 6.73. The van der Waals surface area contributed by atoms with Gasteiger partial charge < -0.3 is 0 Å². The fraction of sp³-hybridized carbons (Fsp3) is 0.400. The van der Waals surface area contributed by atoms with Gasteiger partial charge in [-0.15, -0.1) is 0 Å². The van der Waals surface area contributed by atoms with E-state index in [4.69, 9.17) is 11.6 Å². The quantitative estimate of drug-likeness (QED) is 0.718. The molecule has 15 heavy (non-hydrogen) atoms. The predicted molar refractivity (Wildman–Crippen MR) is 65.1 cm³/mol. The third-order valence-corrected chi connectivity index (χ3v) is 4.06. The molecule has 0 bridgehead atoms. The Hall–Kier alpha value is -0.580. The summed E-state index contributed by atoms with van der Waals surface area (Å²) in [7, 11) is -0.432. The number of nitrogens with zero attached hydrogens (tertiary/aromatic N) is 1. The topological polar surface area (TPSA) is 37.4 Å². The van der Waals surface area contributed by atoms with Crippen molar-refractivity contribution in [2.75, 3.05) is 14.1 Å². The Balaban J connectivity index is 5.34. The molecule has 0 aromatic rings. The maximum atomic E-state index is 11.8. The molecule has 0 fully saturated rings. The highest BCUT2D eigenvalue weighted by molar-refractivity contribution is 7.93. The summed E-state index contributed by atoms with van der Waals surface area (Å²) in [4.78, 5) is 0.215. The average molecular weight is 250 g/mol. The normalized spacial score (nSPS) is 14.5. The van der Waals surface area contributed by atoms with Crippen LogP contribution in [0.15, 0.2) is 34.2 Å². The van der Waals surface area contributed by atoms with Gasteiger partial charge in [0, 0.05) is 19.1 Å². The van der Waals surface area contributed by atoms with Crippen LogP contribution < -0.4 is 0 Å². The van der Waals surface area contributed by atoms with Crippen LogP contribution >= 0.6 is 11.6 Å². The van der Waals surface area contributed by atoms with Crippen molar-refractivity contribution in [3.05, 3.63) is 34.2 Å². The van der Waals surface area contributed by atoms with Crippen LogP contribution in [0.1, 0.15) is 13.8 Å². The van der Waals surface area contributed by atoms with E-state index >= 15 is 0 Å². The number of halogens is 1. The van der Waals surface area contributed by atoms with Gasteiger partial charge in [-0.25, -0.2) is 12.7 Å². The van der Waals surface area contributed by atoms with Crippen LogP contribution in [0.5, 0.6) is 0 Å². The van der Waals surface area contributed by atoms with E-state index in [9.17, 15) is 8.42 Å². The summed E-state index contributed by atoms with van der Waals surface area (Å²) < 4.78 is 24.7. The maximum absolute atomic E-state index is 11.8. The molecule has 0 heterocycles. The molecule has 86 valence electrons. The SMILES string of the molecule is C=C(Cl)C(C)=CC(=CC)S(=O)(=O)N(C)C. The van der Waals surface area contributed by atoms with Crippen molar-refractivity contribution in [3.63, 3.8) is 0 Å². The molecule has 0 aliphatic carbocycles. The van der Waals surface area contributed by atoms with Crippen molar-refractivity contribution >= 4 is 21.6 Å². The van der Waals surface area contributed by atoms with Gasteiger partial charge in [0.25, 0.3) is 0 Å². The van der Waals surface area contributed by atoms with Crippen LogP contribution in [-0.2, 0) is 10.0 Å². The van der Waals surface area contributed by atoms with Gasteiger partial charge in [0.2, 0.25) is 10.0 Å². The van der Waals surface area contributed by atoms with Gasteiger partial charge in [0.1, 0.15) is 0 Å². The zero-order valence-electron chi connectivity index (χ0n) is 9.41. The lowest BCUT2D eigenvalue weighted by Crippen LogP contribution is -2.23. The van der Waals surface area contributed by atoms with E-state index in [1.807, 2.05) is 0 Å². The van der Waals surface area contributed by atoms with Crippen LogP contribution in [0.4, 0.5) is 0 Å². The third-order valence-electron chi connectivity index (χ3n) is 1.85. The van der Waals surface area contributed by atoms with Crippen LogP contribution in [0.25, 0.3) is 0 Å². The molecule has 0 atom stereocenters. The molecule has 3 nitrogen and oxygen atoms in total. The van der Waals surface area contributed by atoms with Crippen molar-refractivity contribution in [1.29, 1.82) is 0 Å². The summed E-state index contributed by atoms with van der Waals surface area (Å²) >= 11 is 5.66. The summed E-state index contributed by atoms with van der Waals surface area (Å²) in [6, 6.07) is 0. The zero-order chi connectivity index (χ0) is 12.2. The second kappa shape index (κ2) is 5.49. The van der Waals surface area contributed by atoms with Gasteiger partial charge in [-0.2, -0.15) is 0 Å². The molecular weight excluding hydrogens is 234 g/mol. The molecule has 0 saturated carbocycles. The first kappa shape index (κ1) is 14.4. The molecule has 0 rings (SSSR count). The monoisotopic (exact) mass is 249 g/mol. The van der Waals surface area contributed by atoms with Crippen molar-refractivity contribution in [2.24, 2.45) is 0 Å². The molecule has 0 spiro atoms. The van der Waals surface area contributed by atoms with Gasteiger partial charge in [-0.05, 0) is 25.5 Å². The zero-order valence-corrected chi connectivity index (χ0v) is 11.0. The Kier molecular flexibility index (Phi) is 5.28. The first-order valence-corrected chi connectivity index (χ1v) is 6.17. The van der Waals surface area contributed by atoms with Gasteiger partial charge in [-0.1, -0.05) is 24.3 Å². The lowest BCUT2D eigenvalue weighted by molar-refractivity contribution is 0.529. The molecule has 0 amide bonds. The largest absolute Gasteiger partial charge is 0.242 e. The van der Waals surface area contributed by atoms with Crippen LogP contribution in [0.2, 0.25) is 0 Å². The van der Waals surface area contributed by atoms with E-state index in [0.29, 0.717) is 10.6 Å². The van der Waals surface area contributed by atoms with E-state index in [2.05, 4.69) is 6.58 Å². The Bertz CT molecular complexity index is 405. The molecule has 0 aliphatic rings. The molecule has 0 unspecified atom stereocenters. The minimum Gasteiger partial charge on any atom is -0.207 e. The highest BCUT2D eigenvalue weighted by Crippen LogP contribution is 2.18. The second-order valence-electron chi connectivity index (χ2n) is 3.21.